The number of hydrogen-bond donors (Lipinski definition) is 0. The van der Waals surface area contributed by atoms with E-state index in [4.69, 9.17) is 9.26 Å². The molecule has 2 aromatic rings. The number of ether oxygens (including phenoxy) is 1. The Morgan fingerprint density at radius 1 is 1.47 bits per heavy atom. The summed E-state index contributed by atoms with van der Waals surface area (Å²) in [7, 11) is 0. The van der Waals surface area contributed by atoms with E-state index < -0.39 is 0 Å². The minimum absolute atomic E-state index is 0.191. The first-order valence-electron chi connectivity index (χ1n) is 5.92. The van der Waals surface area contributed by atoms with Crippen LogP contribution in [-0.4, -0.2) is 16.4 Å². The van der Waals surface area contributed by atoms with Gasteiger partial charge in [0.15, 0.2) is 18.7 Å². The summed E-state index contributed by atoms with van der Waals surface area (Å²) in [5.41, 5.74) is 0.537. The van der Waals surface area contributed by atoms with Gasteiger partial charge in [-0.3, -0.25) is 4.79 Å². The molecule has 0 amide bonds. The highest BCUT2D eigenvalue weighted by Gasteiger charge is 2.07. The number of nitrogens with zero attached hydrogens (tertiary/aromatic N) is 2. The molecule has 0 bridgehead atoms. The van der Waals surface area contributed by atoms with E-state index in [1.165, 1.54) is 0 Å². The van der Waals surface area contributed by atoms with E-state index in [1.54, 1.807) is 18.2 Å². The molecule has 0 aliphatic heterocycles. The molecule has 1 aromatic heterocycles. The van der Waals surface area contributed by atoms with Crippen LogP contribution in [0.1, 0.15) is 35.4 Å². The molecule has 2 rings (SSSR count). The summed E-state index contributed by atoms with van der Waals surface area (Å²) in [5.74, 6) is 1.70. The lowest BCUT2D eigenvalue weighted by Gasteiger charge is -2.04. The van der Waals surface area contributed by atoms with E-state index in [2.05, 4.69) is 33.0 Å². The summed E-state index contributed by atoms with van der Waals surface area (Å²) in [4.78, 5) is 15.0. The Kier molecular flexibility index (Phi) is 4.68. The van der Waals surface area contributed by atoms with Gasteiger partial charge in [-0.1, -0.05) is 28.0 Å². The third-order valence-corrected chi connectivity index (χ3v) is 3.16. The molecule has 0 radical (unpaired) electrons. The molecule has 5 nitrogen and oxygen atoms in total. The first-order chi connectivity index (χ1) is 9.22. The number of rotatable bonds is 6. The van der Waals surface area contributed by atoms with Crippen molar-refractivity contribution in [3.63, 3.8) is 0 Å². The topological polar surface area (TPSA) is 65.2 Å². The molecule has 0 unspecified atom stereocenters. The first-order valence-corrected chi connectivity index (χ1v) is 6.71. The van der Waals surface area contributed by atoms with Crippen molar-refractivity contribution in [3.8, 4) is 5.75 Å². The molecular weight excluding hydrogens is 312 g/mol. The number of carbonyl (C=O) groups is 1. The zero-order valence-electron chi connectivity index (χ0n) is 10.4. The van der Waals surface area contributed by atoms with Crippen LogP contribution in [-0.2, 0) is 13.0 Å². The van der Waals surface area contributed by atoms with Gasteiger partial charge in [0.05, 0.1) is 0 Å². The molecule has 0 aliphatic carbocycles. The number of carbonyl (C=O) groups excluding carboxylic acids is 1. The highest BCUT2D eigenvalue weighted by Crippen LogP contribution is 2.21. The molecular formula is C13H13BrN2O3. The lowest BCUT2D eigenvalue weighted by molar-refractivity contribution is 0.112. The maximum atomic E-state index is 10.8. The van der Waals surface area contributed by atoms with Crippen molar-refractivity contribution >= 4 is 22.2 Å². The van der Waals surface area contributed by atoms with E-state index in [0.717, 1.165) is 23.6 Å². The lowest BCUT2D eigenvalue weighted by atomic mass is 10.2. The van der Waals surface area contributed by atoms with Gasteiger partial charge in [0.25, 0.3) is 5.89 Å². The molecule has 0 atom stereocenters. The number of hydrogen-bond acceptors (Lipinski definition) is 5. The second kappa shape index (κ2) is 6.47. The minimum atomic E-state index is 0.191. The van der Waals surface area contributed by atoms with Crippen LogP contribution in [0.5, 0.6) is 5.75 Å². The lowest BCUT2D eigenvalue weighted by Crippen LogP contribution is -1.97. The third-order valence-electron chi connectivity index (χ3n) is 2.44. The van der Waals surface area contributed by atoms with Crippen LogP contribution in [0.2, 0.25) is 0 Å². The van der Waals surface area contributed by atoms with Crippen LogP contribution in [0.25, 0.3) is 0 Å². The van der Waals surface area contributed by atoms with Crippen LogP contribution in [0.15, 0.2) is 27.2 Å². The second-order valence-electron chi connectivity index (χ2n) is 3.94. The summed E-state index contributed by atoms with van der Waals surface area (Å²) >= 11 is 3.28. The zero-order valence-corrected chi connectivity index (χ0v) is 12.0. The van der Waals surface area contributed by atoms with Crippen molar-refractivity contribution in [3.05, 3.63) is 40.0 Å². The molecule has 0 aliphatic rings. The van der Waals surface area contributed by atoms with Crippen molar-refractivity contribution in [1.29, 1.82) is 0 Å². The van der Waals surface area contributed by atoms with Gasteiger partial charge in [-0.2, -0.15) is 4.98 Å². The number of benzene rings is 1. The molecule has 100 valence electrons. The van der Waals surface area contributed by atoms with E-state index in [1.807, 2.05) is 0 Å². The predicted octanol–water partition coefficient (Wildman–Crippen LogP) is 3.18. The summed E-state index contributed by atoms with van der Waals surface area (Å²) in [6.07, 6.45) is 2.52. The predicted molar refractivity (Wildman–Crippen MR) is 72.2 cm³/mol. The van der Waals surface area contributed by atoms with Gasteiger partial charge in [-0.05, 0) is 24.6 Å². The van der Waals surface area contributed by atoms with Gasteiger partial charge in [-0.15, -0.1) is 0 Å². The van der Waals surface area contributed by atoms with E-state index in [0.29, 0.717) is 23.0 Å². The quantitative estimate of drug-likeness (QED) is 0.763. The Balaban J connectivity index is 1.99. The molecule has 19 heavy (non-hydrogen) atoms. The van der Waals surface area contributed by atoms with E-state index in [9.17, 15) is 4.79 Å². The van der Waals surface area contributed by atoms with Gasteiger partial charge >= 0.3 is 0 Å². The van der Waals surface area contributed by atoms with Crippen LogP contribution in [0.4, 0.5) is 0 Å². The molecule has 6 heteroatoms. The van der Waals surface area contributed by atoms with Crippen molar-refractivity contribution in [2.45, 2.75) is 26.4 Å². The van der Waals surface area contributed by atoms with Crippen LogP contribution < -0.4 is 4.74 Å². The Labute approximate surface area is 119 Å². The minimum Gasteiger partial charge on any atom is -0.484 e. The monoisotopic (exact) mass is 324 g/mol. The van der Waals surface area contributed by atoms with E-state index in [-0.39, 0.29) is 6.61 Å². The molecule has 1 aromatic carbocycles. The van der Waals surface area contributed by atoms with Crippen molar-refractivity contribution < 1.29 is 14.1 Å². The fourth-order valence-electron chi connectivity index (χ4n) is 1.52. The average Bonchev–Trinajstić information content (AvgIpc) is 2.86. The molecule has 0 N–H and O–H groups in total. The largest absolute Gasteiger partial charge is 0.484 e. The molecule has 0 saturated heterocycles. The Hall–Kier alpha value is -1.69. The Bertz CT molecular complexity index is 569. The Morgan fingerprint density at radius 2 is 2.32 bits per heavy atom. The maximum Gasteiger partial charge on any atom is 0.264 e. The normalized spacial score (nSPS) is 10.4. The summed E-state index contributed by atoms with van der Waals surface area (Å²) in [6, 6.07) is 5.18. The van der Waals surface area contributed by atoms with Crippen molar-refractivity contribution in [2.75, 3.05) is 0 Å². The fourth-order valence-corrected chi connectivity index (χ4v) is 1.86. The summed E-state index contributed by atoms with van der Waals surface area (Å²) < 4.78 is 11.3. The highest BCUT2D eigenvalue weighted by atomic mass is 79.9. The summed E-state index contributed by atoms with van der Waals surface area (Å²) in [5, 5.41) is 3.84. The smallest absolute Gasteiger partial charge is 0.264 e. The van der Waals surface area contributed by atoms with Crippen LogP contribution in [0, 0.1) is 0 Å². The highest BCUT2D eigenvalue weighted by molar-refractivity contribution is 9.10. The third kappa shape index (κ3) is 3.64. The second-order valence-corrected chi connectivity index (χ2v) is 4.80. The van der Waals surface area contributed by atoms with Crippen LogP contribution in [0.3, 0.4) is 0 Å². The number of aldehydes is 1. The number of aryl methyl sites for hydroxylation is 1. The van der Waals surface area contributed by atoms with Gasteiger partial charge < -0.3 is 9.26 Å². The van der Waals surface area contributed by atoms with Gasteiger partial charge in [0.1, 0.15) is 5.75 Å². The van der Waals surface area contributed by atoms with Gasteiger partial charge in [-0.25, -0.2) is 0 Å². The molecule has 0 fully saturated rings. The van der Waals surface area contributed by atoms with E-state index >= 15 is 0 Å². The number of halogens is 1. The standard InChI is InChI=1S/C13H13BrN2O3/c1-2-3-12-15-13(19-16-12)8-18-10-4-5-11(14)9(6-10)7-17/h4-7H,2-3,8H2,1H3. The number of aromatic nitrogens is 2. The van der Waals surface area contributed by atoms with Crippen LogP contribution >= 0.6 is 15.9 Å². The molecule has 0 saturated carbocycles. The van der Waals surface area contributed by atoms with Gasteiger partial charge in [0, 0.05) is 16.5 Å². The van der Waals surface area contributed by atoms with Crippen molar-refractivity contribution in [2.24, 2.45) is 0 Å². The average molecular weight is 325 g/mol. The zero-order chi connectivity index (χ0) is 13.7. The fraction of sp³-hybridized carbons (Fsp3) is 0.308. The summed E-state index contributed by atoms with van der Waals surface area (Å²) in [6.45, 7) is 2.24. The molecule has 1 heterocycles. The molecule has 0 spiro atoms. The SMILES string of the molecule is CCCc1noc(COc2ccc(Br)c(C=O)c2)n1. The first kappa shape index (κ1) is 13.7. The maximum absolute atomic E-state index is 10.8. The van der Waals surface area contributed by atoms with Crippen molar-refractivity contribution in [1.82, 2.24) is 10.1 Å². The van der Waals surface area contributed by atoms with Gasteiger partial charge in [0.2, 0.25) is 0 Å². The Morgan fingerprint density at radius 3 is 3.05 bits per heavy atom.